The number of nitrogens with one attached hydrogen (secondary N) is 1. The predicted octanol–water partition coefficient (Wildman–Crippen LogP) is 1.93. The van der Waals surface area contributed by atoms with Crippen LogP contribution in [0.25, 0.3) is 0 Å². The number of nitrogens with zero attached hydrogens (tertiary/aromatic N) is 1. The molecular formula is C12H10N2O4. The molecule has 6 nitrogen and oxygen atoms in total. The first-order chi connectivity index (χ1) is 8.58. The van der Waals surface area contributed by atoms with Crippen molar-refractivity contribution in [1.29, 1.82) is 0 Å². The zero-order valence-electron chi connectivity index (χ0n) is 9.51. The van der Waals surface area contributed by atoms with Crippen LogP contribution in [0.4, 0.5) is 5.69 Å². The lowest BCUT2D eigenvalue weighted by molar-refractivity contribution is 0.0690. The van der Waals surface area contributed by atoms with Gasteiger partial charge in [0.15, 0.2) is 0 Å². The summed E-state index contributed by atoms with van der Waals surface area (Å²) in [6.07, 6.45) is 4.27. The summed E-state index contributed by atoms with van der Waals surface area (Å²) in [5.41, 5.74) is 1.19. The zero-order valence-corrected chi connectivity index (χ0v) is 9.51. The molecular weight excluding hydrogens is 236 g/mol. The number of amides is 1. The van der Waals surface area contributed by atoms with Gasteiger partial charge in [-0.25, -0.2) is 4.79 Å². The highest BCUT2D eigenvalue weighted by Gasteiger charge is 2.20. The number of pyridine rings is 1. The molecule has 2 aromatic rings. The largest absolute Gasteiger partial charge is 0.478 e. The molecule has 0 saturated carbocycles. The average Bonchev–Trinajstić information content (AvgIpc) is 2.77. The molecule has 2 N–H and O–H groups in total. The lowest BCUT2D eigenvalue weighted by Crippen LogP contribution is -2.14. The Balaban J connectivity index is 2.22. The minimum absolute atomic E-state index is 0.173. The number of aromatic nitrogens is 1. The van der Waals surface area contributed by atoms with Gasteiger partial charge in [0.25, 0.3) is 5.91 Å². The second-order valence-corrected chi connectivity index (χ2v) is 3.67. The Bertz CT molecular complexity index is 604. The third-order valence-electron chi connectivity index (χ3n) is 2.23. The van der Waals surface area contributed by atoms with E-state index < -0.39 is 11.9 Å². The van der Waals surface area contributed by atoms with Crippen LogP contribution >= 0.6 is 0 Å². The molecule has 0 radical (unpaired) electrons. The molecule has 2 aromatic heterocycles. The Morgan fingerprint density at radius 2 is 2.17 bits per heavy atom. The molecule has 1 amide bonds. The number of carboxylic acid groups (broad SMARTS) is 1. The molecule has 92 valence electrons. The van der Waals surface area contributed by atoms with Crippen molar-refractivity contribution in [3.05, 3.63) is 47.7 Å². The smallest absolute Gasteiger partial charge is 0.339 e. The first-order valence-electron chi connectivity index (χ1n) is 5.11. The first kappa shape index (κ1) is 11.8. The van der Waals surface area contributed by atoms with E-state index in [1.165, 1.54) is 12.3 Å². The van der Waals surface area contributed by atoms with E-state index in [1.807, 2.05) is 6.92 Å². The van der Waals surface area contributed by atoms with Crippen molar-refractivity contribution < 1.29 is 19.1 Å². The molecule has 6 heteroatoms. The van der Waals surface area contributed by atoms with E-state index in [0.29, 0.717) is 5.69 Å². The summed E-state index contributed by atoms with van der Waals surface area (Å²) in [5.74, 6) is -2.06. The molecule has 2 rings (SSSR count). The maximum absolute atomic E-state index is 11.8. The van der Waals surface area contributed by atoms with Gasteiger partial charge in [-0.05, 0) is 24.6 Å². The third kappa shape index (κ3) is 2.37. The number of carboxylic acids is 1. The highest BCUT2D eigenvalue weighted by molar-refractivity contribution is 6.08. The second kappa shape index (κ2) is 4.70. The van der Waals surface area contributed by atoms with Crippen LogP contribution in [0, 0.1) is 6.92 Å². The van der Waals surface area contributed by atoms with Crippen LogP contribution in [0.3, 0.4) is 0 Å². The minimum Gasteiger partial charge on any atom is -0.478 e. The zero-order chi connectivity index (χ0) is 13.1. The number of hydrogen-bond donors (Lipinski definition) is 2. The van der Waals surface area contributed by atoms with Gasteiger partial charge in [0, 0.05) is 6.20 Å². The summed E-state index contributed by atoms with van der Waals surface area (Å²) < 4.78 is 4.88. The fraction of sp³-hybridized carbons (Fsp3) is 0.0833. The van der Waals surface area contributed by atoms with E-state index >= 15 is 0 Å². The van der Waals surface area contributed by atoms with Crippen LogP contribution in [0.1, 0.15) is 26.5 Å². The van der Waals surface area contributed by atoms with Gasteiger partial charge in [-0.15, -0.1) is 0 Å². The molecule has 0 aliphatic heterocycles. The van der Waals surface area contributed by atoms with E-state index in [9.17, 15) is 9.59 Å². The molecule has 0 aliphatic rings. The average molecular weight is 246 g/mol. The summed E-state index contributed by atoms with van der Waals surface area (Å²) in [4.78, 5) is 26.6. The molecule has 0 saturated heterocycles. The maximum Gasteiger partial charge on any atom is 0.339 e. The van der Waals surface area contributed by atoms with Gasteiger partial charge in [-0.3, -0.25) is 9.78 Å². The van der Waals surface area contributed by atoms with Gasteiger partial charge < -0.3 is 14.8 Å². The molecule has 0 aromatic carbocycles. The fourth-order valence-electron chi connectivity index (χ4n) is 1.46. The van der Waals surface area contributed by atoms with Gasteiger partial charge in [0.05, 0.1) is 18.1 Å². The fourth-order valence-corrected chi connectivity index (χ4v) is 1.46. The summed E-state index contributed by atoms with van der Waals surface area (Å²) in [6, 6.07) is 2.94. The summed E-state index contributed by atoms with van der Waals surface area (Å²) >= 11 is 0. The van der Waals surface area contributed by atoms with Crippen LogP contribution < -0.4 is 5.32 Å². The SMILES string of the molecule is Cc1cncc(NC(=O)c2occc2C(=O)O)c1. The van der Waals surface area contributed by atoms with E-state index in [1.54, 1.807) is 12.3 Å². The lowest BCUT2D eigenvalue weighted by Gasteiger charge is -2.04. The van der Waals surface area contributed by atoms with Gasteiger partial charge in [0.2, 0.25) is 5.76 Å². The number of anilines is 1. The summed E-state index contributed by atoms with van der Waals surface area (Å²) in [6.45, 7) is 1.83. The van der Waals surface area contributed by atoms with Gasteiger partial charge >= 0.3 is 5.97 Å². The van der Waals surface area contributed by atoms with Crippen molar-refractivity contribution in [1.82, 2.24) is 4.98 Å². The molecule has 0 fully saturated rings. The van der Waals surface area contributed by atoms with E-state index in [0.717, 1.165) is 11.8 Å². The van der Waals surface area contributed by atoms with Gasteiger partial charge in [-0.2, -0.15) is 0 Å². The van der Waals surface area contributed by atoms with Gasteiger partial charge in [0.1, 0.15) is 5.56 Å². The van der Waals surface area contributed by atoms with Gasteiger partial charge in [-0.1, -0.05) is 0 Å². The van der Waals surface area contributed by atoms with Crippen molar-refractivity contribution in [2.75, 3.05) is 5.32 Å². The number of hydrogen-bond acceptors (Lipinski definition) is 4. The number of furan rings is 1. The number of aromatic carboxylic acids is 1. The number of carbonyl (C=O) groups excluding carboxylic acids is 1. The molecule has 0 spiro atoms. The Kier molecular flexibility index (Phi) is 3.09. The number of aryl methyl sites for hydroxylation is 1. The van der Waals surface area contributed by atoms with Crippen LogP contribution in [-0.4, -0.2) is 22.0 Å². The highest BCUT2D eigenvalue weighted by Crippen LogP contribution is 2.14. The standard InChI is InChI=1S/C12H10N2O4/c1-7-4-8(6-13-5-7)14-11(15)10-9(12(16)17)2-3-18-10/h2-6H,1H3,(H,14,15)(H,16,17). The van der Waals surface area contributed by atoms with E-state index in [-0.39, 0.29) is 11.3 Å². The Morgan fingerprint density at radius 3 is 2.83 bits per heavy atom. The van der Waals surface area contributed by atoms with Crippen molar-refractivity contribution in [2.24, 2.45) is 0 Å². The highest BCUT2D eigenvalue weighted by atomic mass is 16.4. The molecule has 0 bridgehead atoms. The van der Waals surface area contributed by atoms with Crippen molar-refractivity contribution >= 4 is 17.6 Å². The Morgan fingerprint density at radius 1 is 1.39 bits per heavy atom. The summed E-state index contributed by atoms with van der Waals surface area (Å²) in [5, 5.41) is 11.4. The Labute approximate surface area is 102 Å². The van der Waals surface area contributed by atoms with Crippen molar-refractivity contribution in [3.8, 4) is 0 Å². The van der Waals surface area contributed by atoms with E-state index in [4.69, 9.17) is 9.52 Å². The van der Waals surface area contributed by atoms with Crippen LogP contribution in [-0.2, 0) is 0 Å². The molecule has 18 heavy (non-hydrogen) atoms. The molecule has 0 atom stereocenters. The van der Waals surface area contributed by atoms with Crippen LogP contribution in [0.5, 0.6) is 0 Å². The van der Waals surface area contributed by atoms with Crippen LogP contribution in [0.15, 0.2) is 35.2 Å². The third-order valence-corrected chi connectivity index (χ3v) is 2.23. The molecule has 0 unspecified atom stereocenters. The lowest BCUT2D eigenvalue weighted by atomic mass is 10.2. The monoisotopic (exact) mass is 246 g/mol. The minimum atomic E-state index is -1.21. The normalized spacial score (nSPS) is 10.1. The topological polar surface area (TPSA) is 92.4 Å². The first-order valence-corrected chi connectivity index (χ1v) is 5.11. The Hall–Kier alpha value is -2.63. The summed E-state index contributed by atoms with van der Waals surface area (Å²) in [7, 11) is 0. The maximum atomic E-state index is 11.8. The number of rotatable bonds is 3. The van der Waals surface area contributed by atoms with E-state index in [2.05, 4.69) is 10.3 Å². The van der Waals surface area contributed by atoms with Crippen molar-refractivity contribution in [3.63, 3.8) is 0 Å². The number of carbonyl (C=O) groups is 2. The molecule has 0 aliphatic carbocycles. The van der Waals surface area contributed by atoms with Crippen molar-refractivity contribution in [2.45, 2.75) is 6.92 Å². The second-order valence-electron chi connectivity index (χ2n) is 3.67. The van der Waals surface area contributed by atoms with Crippen LogP contribution in [0.2, 0.25) is 0 Å². The molecule has 2 heterocycles. The quantitative estimate of drug-likeness (QED) is 0.863. The predicted molar refractivity (Wildman–Crippen MR) is 62.6 cm³/mol.